The number of piperidine rings is 1. The lowest BCUT2D eigenvalue weighted by molar-refractivity contribution is -0.141. The Bertz CT molecular complexity index is 1070. The molecular weight excluding hydrogens is 451 g/mol. The van der Waals surface area contributed by atoms with Crippen molar-refractivity contribution in [1.29, 1.82) is 5.41 Å². The molecule has 12 heteroatoms. The Morgan fingerprint density at radius 2 is 1.88 bits per heavy atom. The van der Waals surface area contributed by atoms with Crippen LogP contribution < -0.4 is 0 Å². The number of aliphatic hydroxyl groups is 1. The highest BCUT2D eigenvalue weighted by atomic mass is 19.4. The van der Waals surface area contributed by atoms with Crippen LogP contribution in [0.5, 0.6) is 0 Å². The summed E-state index contributed by atoms with van der Waals surface area (Å²) in [6.45, 7) is 3.16. The molecule has 9 nitrogen and oxygen atoms in total. The predicted molar refractivity (Wildman–Crippen MR) is 113 cm³/mol. The van der Waals surface area contributed by atoms with E-state index in [1.54, 1.807) is 0 Å². The van der Waals surface area contributed by atoms with Gasteiger partial charge in [-0.3, -0.25) is 10.5 Å². The van der Waals surface area contributed by atoms with Crippen LogP contribution in [0.2, 0.25) is 0 Å². The number of alkyl halides is 3. The van der Waals surface area contributed by atoms with E-state index in [1.165, 1.54) is 0 Å². The average Bonchev–Trinajstić information content (AvgIpc) is 3.14. The lowest BCUT2D eigenvalue weighted by Crippen LogP contribution is -2.66. The molecule has 0 amide bonds. The summed E-state index contributed by atoms with van der Waals surface area (Å²) in [5.41, 5.74) is -1.55. The minimum absolute atomic E-state index is 0.134. The van der Waals surface area contributed by atoms with Gasteiger partial charge in [-0.25, -0.2) is 9.97 Å². The molecular formula is C22H28F3N7O2. The molecule has 1 spiro atoms. The average molecular weight is 480 g/mol. The van der Waals surface area contributed by atoms with E-state index in [1.807, 2.05) is 0 Å². The standard InChI is InChI=1S/C22H28F3N7O2/c23-22(24,25)15-10-34-16(27-15)7-13-1-5-31(6-2-13)19(26)32-11-20(12-32)8-14(9-20)17-28-18(30-29-17)21(33)3-4-21/h10,13-14,26,33H,1-9,11-12H2,(H,28,29,30). The molecule has 0 unspecified atom stereocenters. The van der Waals surface area contributed by atoms with Crippen LogP contribution in [0.4, 0.5) is 13.2 Å². The molecule has 0 bridgehead atoms. The van der Waals surface area contributed by atoms with Crippen molar-refractivity contribution in [2.24, 2.45) is 11.3 Å². The van der Waals surface area contributed by atoms with Gasteiger partial charge in [0.1, 0.15) is 17.7 Å². The number of aromatic nitrogens is 4. The van der Waals surface area contributed by atoms with Crippen molar-refractivity contribution in [2.75, 3.05) is 26.2 Å². The summed E-state index contributed by atoms with van der Waals surface area (Å²) in [5.74, 6) is 2.61. The molecule has 2 aromatic rings. The van der Waals surface area contributed by atoms with E-state index in [-0.39, 0.29) is 17.2 Å². The number of nitrogens with zero attached hydrogens (tertiary/aromatic N) is 5. The van der Waals surface area contributed by atoms with E-state index < -0.39 is 17.5 Å². The molecule has 184 valence electrons. The monoisotopic (exact) mass is 479 g/mol. The molecule has 2 aliphatic carbocycles. The van der Waals surface area contributed by atoms with Crippen molar-refractivity contribution in [3.63, 3.8) is 0 Å². The van der Waals surface area contributed by atoms with Crippen LogP contribution in [0.3, 0.4) is 0 Å². The van der Waals surface area contributed by atoms with Gasteiger partial charge >= 0.3 is 6.18 Å². The molecule has 3 N–H and O–H groups in total. The summed E-state index contributed by atoms with van der Waals surface area (Å²) < 4.78 is 43.1. The van der Waals surface area contributed by atoms with Crippen LogP contribution in [0.25, 0.3) is 0 Å². The van der Waals surface area contributed by atoms with Crippen molar-refractivity contribution in [2.45, 2.75) is 62.6 Å². The van der Waals surface area contributed by atoms with Crippen molar-refractivity contribution < 1.29 is 22.7 Å². The van der Waals surface area contributed by atoms with Crippen LogP contribution >= 0.6 is 0 Å². The molecule has 0 atom stereocenters. The highest BCUT2D eigenvalue weighted by molar-refractivity contribution is 5.78. The van der Waals surface area contributed by atoms with Crippen molar-refractivity contribution in [3.05, 3.63) is 29.5 Å². The molecule has 2 aliphatic heterocycles. The minimum atomic E-state index is -4.48. The molecule has 6 rings (SSSR count). The number of aromatic amines is 1. The van der Waals surface area contributed by atoms with Crippen LogP contribution in [0, 0.1) is 16.7 Å². The Balaban J connectivity index is 0.945. The molecule has 4 aliphatic rings. The molecule has 4 fully saturated rings. The van der Waals surface area contributed by atoms with E-state index in [0.717, 1.165) is 57.4 Å². The Kier molecular flexibility index (Phi) is 4.78. The maximum absolute atomic E-state index is 12.7. The summed E-state index contributed by atoms with van der Waals surface area (Å²) >= 11 is 0. The first-order valence-corrected chi connectivity index (χ1v) is 11.9. The number of halogens is 3. The highest BCUT2D eigenvalue weighted by Crippen LogP contribution is 2.56. The zero-order valence-electron chi connectivity index (χ0n) is 18.7. The number of rotatable bonds is 4. The van der Waals surface area contributed by atoms with Crippen molar-refractivity contribution in [3.8, 4) is 0 Å². The summed E-state index contributed by atoms with van der Waals surface area (Å²) in [4.78, 5) is 12.3. The van der Waals surface area contributed by atoms with Gasteiger partial charge in [-0.2, -0.15) is 18.3 Å². The second kappa shape index (κ2) is 7.43. The molecule has 2 saturated heterocycles. The van der Waals surface area contributed by atoms with Gasteiger partial charge in [-0.05, 0) is 44.4 Å². The van der Waals surface area contributed by atoms with Gasteiger partial charge in [0.05, 0.1) is 0 Å². The first-order valence-electron chi connectivity index (χ1n) is 11.9. The van der Waals surface area contributed by atoms with Gasteiger partial charge < -0.3 is 19.3 Å². The fraction of sp³-hybridized carbons (Fsp3) is 0.727. The maximum Gasteiger partial charge on any atom is 0.436 e. The van der Waals surface area contributed by atoms with Gasteiger partial charge in [-0.15, -0.1) is 0 Å². The largest absolute Gasteiger partial charge is 0.448 e. The molecule has 2 aromatic heterocycles. The van der Waals surface area contributed by atoms with Crippen LogP contribution in [0.15, 0.2) is 10.7 Å². The molecule has 2 saturated carbocycles. The molecule has 4 heterocycles. The fourth-order valence-electron chi connectivity index (χ4n) is 5.69. The third kappa shape index (κ3) is 3.85. The van der Waals surface area contributed by atoms with E-state index >= 15 is 0 Å². The second-order valence-corrected chi connectivity index (χ2v) is 10.6. The zero-order chi connectivity index (χ0) is 23.7. The fourth-order valence-corrected chi connectivity index (χ4v) is 5.69. The van der Waals surface area contributed by atoms with Crippen molar-refractivity contribution in [1.82, 2.24) is 30.0 Å². The third-order valence-electron chi connectivity index (χ3n) is 7.96. The first-order chi connectivity index (χ1) is 16.1. The second-order valence-electron chi connectivity index (χ2n) is 10.6. The Hall–Kier alpha value is -2.63. The summed E-state index contributed by atoms with van der Waals surface area (Å²) in [6, 6.07) is 0. The number of hydrogen-bond donors (Lipinski definition) is 3. The van der Waals surface area contributed by atoms with Gasteiger partial charge in [0.2, 0.25) is 0 Å². The Labute approximate surface area is 194 Å². The molecule has 0 aromatic carbocycles. The number of oxazole rings is 1. The van der Waals surface area contributed by atoms with Crippen molar-refractivity contribution >= 4 is 5.96 Å². The van der Waals surface area contributed by atoms with Gasteiger partial charge in [0.25, 0.3) is 0 Å². The van der Waals surface area contributed by atoms with Gasteiger partial charge in [-0.1, -0.05) is 0 Å². The number of likely N-dealkylation sites (tertiary alicyclic amines) is 2. The van der Waals surface area contributed by atoms with Crippen LogP contribution in [-0.2, 0) is 18.2 Å². The minimum Gasteiger partial charge on any atom is -0.448 e. The third-order valence-corrected chi connectivity index (χ3v) is 7.96. The van der Waals surface area contributed by atoms with E-state index in [4.69, 9.17) is 9.83 Å². The Morgan fingerprint density at radius 1 is 1.18 bits per heavy atom. The lowest BCUT2D eigenvalue weighted by atomic mass is 9.57. The highest BCUT2D eigenvalue weighted by Gasteiger charge is 2.55. The number of nitrogens with one attached hydrogen (secondary N) is 2. The van der Waals surface area contributed by atoms with E-state index in [9.17, 15) is 18.3 Å². The van der Waals surface area contributed by atoms with Crippen LogP contribution in [-0.4, -0.2) is 67.2 Å². The van der Waals surface area contributed by atoms with E-state index in [0.29, 0.717) is 43.5 Å². The normalized spacial score (nSPS) is 24.2. The SMILES string of the molecule is N=C(N1CCC(Cc2nc(C(F)(F)F)co2)CC1)N1CC2(CC(c3nc(C4(O)CC4)n[nH]3)C2)C1. The summed E-state index contributed by atoms with van der Waals surface area (Å²) in [7, 11) is 0. The molecule has 0 radical (unpaired) electrons. The number of hydrogen-bond acceptors (Lipinski definition) is 6. The van der Waals surface area contributed by atoms with Gasteiger partial charge in [0, 0.05) is 43.9 Å². The number of H-pyrrole nitrogens is 1. The topological polar surface area (TPSA) is 118 Å². The number of guanidine groups is 1. The predicted octanol–water partition coefficient (Wildman–Crippen LogP) is 2.86. The lowest BCUT2D eigenvalue weighted by Gasteiger charge is -2.60. The maximum atomic E-state index is 12.7. The summed E-state index contributed by atoms with van der Waals surface area (Å²) in [6.07, 6.45) is 1.68. The van der Waals surface area contributed by atoms with Gasteiger partial charge in [0.15, 0.2) is 23.4 Å². The summed E-state index contributed by atoms with van der Waals surface area (Å²) in [5, 5.41) is 26.0. The Morgan fingerprint density at radius 3 is 2.50 bits per heavy atom. The quantitative estimate of drug-likeness (QED) is 0.456. The zero-order valence-corrected chi connectivity index (χ0v) is 18.7. The van der Waals surface area contributed by atoms with E-state index in [2.05, 4.69) is 30.0 Å². The molecule has 34 heavy (non-hydrogen) atoms. The smallest absolute Gasteiger partial charge is 0.436 e. The first kappa shape index (κ1) is 21.9. The van der Waals surface area contributed by atoms with Crippen LogP contribution in [0.1, 0.15) is 67.7 Å².